The van der Waals surface area contributed by atoms with Crippen molar-refractivity contribution in [3.63, 3.8) is 0 Å². The molecule has 6 heteroatoms. The monoisotopic (exact) mass is 316 g/mol. The summed E-state index contributed by atoms with van der Waals surface area (Å²) in [4.78, 5) is 12.0. The van der Waals surface area contributed by atoms with Gasteiger partial charge < -0.3 is 25.2 Å². The van der Waals surface area contributed by atoms with Gasteiger partial charge in [-0.05, 0) is 36.2 Å². The Morgan fingerprint density at radius 2 is 1.65 bits per heavy atom. The maximum Gasteiger partial charge on any atom is 0.319 e. The number of ether oxygens (including phenoxy) is 2. The molecule has 122 valence electrons. The molecule has 0 unspecified atom stereocenters. The number of para-hydroxylation sites is 1. The zero-order chi connectivity index (χ0) is 16.7. The number of carbonyl (C=O) groups is 1. The summed E-state index contributed by atoms with van der Waals surface area (Å²) in [6.07, 6.45) is 0.663. The summed E-state index contributed by atoms with van der Waals surface area (Å²) in [5, 5.41) is 14.7. The molecule has 2 aromatic carbocycles. The zero-order valence-corrected chi connectivity index (χ0v) is 13.1. The van der Waals surface area contributed by atoms with E-state index in [0.717, 1.165) is 5.56 Å². The van der Waals surface area contributed by atoms with Gasteiger partial charge in [0.05, 0.1) is 14.2 Å². The van der Waals surface area contributed by atoms with Gasteiger partial charge in [0.1, 0.15) is 22.9 Å². The number of amides is 2. The molecule has 0 atom stereocenters. The number of benzene rings is 2. The van der Waals surface area contributed by atoms with Gasteiger partial charge in [-0.3, -0.25) is 0 Å². The van der Waals surface area contributed by atoms with E-state index in [2.05, 4.69) is 10.6 Å². The number of aromatic hydroxyl groups is 1. The van der Waals surface area contributed by atoms with Gasteiger partial charge in [-0.25, -0.2) is 4.79 Å². The van der Waals surface area contributed by atoms with Crippen LogP contribution in [-0.2, 0) is 6.42 Å². The van der Waals surface area contributed by atoms with Crippen LogP contribution in [0.2, 0.25) is 0 Å². The molecule has 0 heterocycles. The van der Waals surface area contributed by atoms with Gasteiger partial charge in [0.15, 0.2) is 0 Å². The number of nitrogens with one attached hydrogen (secondary N) is 2. The van der Waals surface area contributed by atoms with Crippen molar-refractivity contribution in [2.45, 2.75) is 6.42 Å². The SMILES string of the molecule is COc1cccc(OC)c1NC(=O)NCCc1ccc(O)cc1. The fourth-order valence-electron chi connectivity index (χ4n) is 2.12. The number of rotatable bonds is 6. The molecule has 23 heavy (non-hydrogen) atoms. The number of urea groups is 1. The Morgan fingerprint density at radius 3 is 2.22 bits per heavy atom. The van der Waals surface area contributed by atoms with E-state index in [1.165, 1.54) is 14.2 Å². The first-order valence-corrected chi connectivity index (χ1v) is 7.17. The lowest BCUT2D eigenvalue weighted by Gasteiger charge is -2.14. The van der Waals surface area contributed by atoms with E-state index in [9.17, 15) is 9.90 Å². The standard InChI is InChI=1S/C17H20N2O4/c1-22-14-4-3-5-15(23-2)16(14)19-17(21)18-11-10-12-6-8-13(20)9-7-12/h3-9,20H,10-11H2,1-2H3,(H2,18,19,21). The number of hydrogen-bond acceptors (Lipinski definition) is 4. The second-order valence-corrected chi connectivity index (χ2v) is 4.83. The molecule has 0 radical (unpaired) electrons. The molecular formula is C17H20N2O4. The topological polar surface area (TPSA) is 79.8 Å². The second-order valence-electron chi connectivity index (χ2n) is 4.83. The van der Waals surface area contributed by atoms with Crippen molar-refractivity contribution in [3.8, 4) is 17.2 Å². The van der Waals surface area contributed by atoms with Crippen molar-refractivity contribution in [2.75, 3.05) is 26.1 Å². The average Bonchev–Trinajstić information content (AvgIpc) is 2.57. The summed E-state index contributed by atoms with van der Waals surface area (Å²) < 4.78 is 10.5. The lowest BCUT2D eigenvalue weighted by Crippen LogP contribution is -2.30. The fraction of sp³-hybridized carbons (Fsp3) is 0.235. The summed E-state index contributed by atoms with van der Waals surface area (Å²) in [5.74, 6) is 1.28. The minimum absolute atomic E-state index is 0.225. The van der Waals surface area contributed by atoms with Crippen LogP contribution in [-0.4, -0.2) is 31.9 Å². The quantitative estimate of drug-likeness (QED) is 0.765. The Hall–Kier alpha value is -2.89. The van der Waals surface area contributed by atoms with Gasteiger partial charge >= 0.3 is 6.03 Å². The van der Waals surface area contributed by atoms with Crippen molar-refractivity contribution in [1.29, 1.82) is 0 Å². The molecule has 0 saturated carbocycles. The van der Waals surface area contributed by atoms with Gasteiger partial charge in [0, 0.05) is 6.54 Å². The lowest BCUT2D eigenvalue weighted by atomic mass is 10.1. The largest absolute Gasteiger partial charge is 0.508 e. The summed E-state index contributed by atoms with van der Waals surface area (Å²) in [6, 6.07) is 11.8. The number of phenols is 1. The number of hydrogen-bond donors (Lipinski definition) is 3. The zero-order valence-electron chi connectivity index (χ0n) is 13.1. The van der Waals surface area contributed by atoms with Crippen molar-refractivity contribution < 1.29 is 19.4 Å². The molecule has 0 spiro atoms. The van der Waals surface area contributed by atoms with Crippen LogP contribution in [0.1, 0.15) is 5.56 Å². The first kappa shape index (κ1) is 16.5. The molecule has 2 aromatic rings. The molecule has 0 saturated heterocycles. The van der Waals surface area contributed by atoms with E-state index in [1.54, 1.807) is 30.3 Å². The van der Waals surface area contributed by atoms with Gasteiger partial charge in [-0.15, -0.1) is 0 Å². The fourth-order valence-corrected chi connectivity index (χ4v) is 2.12. The van der Waals surface area contributed by atoms with Crippen LogP contribution in [0.3, 0.4) is 0 Å². The highest BCUT2D eigenvalue weighted by Crippen LogP contribution is 2.33. The molecule has 0 bridgehead atoms. The highest BCUT2D eigenvalue weighted by atomic mass is 16.5. The summed E-state index contributed by atoms with van der Waals surface area (Å²) >= 11 is 0. The summed E-state index contributed by atoms with van der Waals surface area (Å²) in [6.45, 7) is 0.466. The van der Waals surface area contributed by atoms with Crippen LogP contribution in [0.5, 0.6) is 17.2 Å². The van der Waals surface area contributed by atoms with Crippen LogP contribution >= 0.6 is 0 Å². The molecule has 0 aliphatic carbocycles. The van der Waals surface area contributed by atoms with Crippen LogP contribution < -0.4 is 20.1 Å². The highest BCUT2D eigenvalue weighted by Gasteiger charge is 2.12. The minimum atomic E-state index is -0.341. The van der Waals surface area contributed by atoms with Crippen LogP contribution in [0.15, 0.2) is 42.5 Å². The molecule has 0 aromatic heterocycles. The van der Waals surface area contributed by atoms with E-state index in [1.807, 2.05) is 12.1 Å². The van der Waals surface area contributed by atoms with Gasteiger partial charge in [0.2, 0.25) is 0 Å². The van der Waals surface area contributed by atoms with E-state index < -0.39 is 0 Å². The molecule has 6 nitrogen and oxygen atoms in total. The summed E-state index contributed by atoms with van der Waals surface area (Å²) in [5.41, 5.74) is 1.51. The maximum absolute atomic E-state index is 12.0. The predicted octanol–water partition coefficient (Wildman–Crippen LogP) is 2.77. The Labute approximate surface area is 135 Å². The normalized spacial score (nSPS) is 10.0. The molecule has 0 fully saturated rings. The molecule has 0 aliphatic rings. The maximum atomic E-state index is 12.0. The van der Waals surface area contributed by atoms with Gasteiger partial charge in [-0.2, -0.15) is 0 Å². The molecule has 2 amide bonds. The minimum Gasteiger partial charge on any atom is -0.508 e. The third kappa shape index (κ3) is 4.54. The number of anilines is 1. The third-order valence-electron chi connectivity index (χ3n) is 3.30. The molecule has 0 aliphatic heterocycles. The smallest absolute Gasteiger partial charge is 0.319 e. The van der Waals surface area contributed by atoms with E-state index in [-0.39, 0.29) is 11.8 Å². The van der Waals surface area contributed by atoms with Crippen LogP contribution in [0, 0.1) is 0 Å². The van der Waals surface area contributed by atoms with Crippen LogP contribution in [0.25, 0.3) is 0 Å². The first-order valence-electron chi connectivity index (χ1n) is 7.17. The van der Waals surface area contributed by atoms with Crippen molar-refractivity contribution in [1.82, 2.24) is 5.32 Å². The Morgan fingerprint density at radius 1 is 1.04 bits per heavy atom. The van der Waals surface area contributed by atoms with Crippen LogP contribution in [0.4, 0.5) is 10.5 Å². The molecule has 3 N–H and O–H groups in total. The van der Waals surface area contributed by atoms with Gasteiger partial charge in [-0.1, -0.05) is 18.2 Å². The first-order chi connectivity index (χ1) is 11.1. The average molecular weight is 316 g/mol. The lowest BCUT2D eigenvalue weighted by molar-refractivity contribution is 0.252. The number of methoxy groups -OCH3 is 2. The van der Waals surface area contributed by atoms with E-state index in [0.29, 0.717) is 30.2 Å². The number of phenolic OH excluding ortho intramolecular Hbond substituents is 1. The third-order valence-corrected chi connectivity index (χ3v) is 3.30. The van der Waals surface area contributed by atoms with Crippen molar-refractivity contribution in [3.05, 3.63) is 48.0 Å². The summed E-state index contributed by atoms with van der Waals surface area (Å²) in [7, 11) is 3.06. The Kier molecular flexibility index (Phi) is 5.68. The second kappa shape index (κ2) is 7.93. The van der Waals surface area contributed by atoms with E-state index in [4.69, 9.17) is 9.47 Å². The Balaban J connectivity index is 1.91. The highest BCUT2D eigenvalue weighted by molar-refractivity contribution is 5.92. The number of carbonyl (C=O) groups excluding carboxylic acids is 1. The molecular weight excluding hydrogens is 296 g/mol. The predicted molar refractivity (Wildman–Crippen MR) is 88.4 cm³/mol. The Bertz CT molecular complexity index is 634. The van der Waals surface area contributed by atoms with E-state index >= 15 is 0 Å². The van der Waals surface area contributed by atoms with Crippen molar-refractivity contribution in [2.24, 2.45) is 0 Å². The van der Waals surface area contributed by atoms with Crippen molar-refractivity contribution >= 4 is 11.7 Å². The van der Waals surface area contributed by atoms with Gasteiger partial charge in [0.25, 0.3) is 0 Å². The molecule has 2 rings (SSSR count).